The number of hydrogen-bond donors (Lipinski definition) is 1. The number of rotatable bonds is 8. The van der Waals surface area contributed by atoms with E-state index in [1.54, 1.807) is 35.5 Å². The Bertz CT molecular complexity index is 1040. The largest absolute Gasteiger partial charge is 0.332 e. The number of anilines is 2. The molecule has 0 radical (unpaired) electrons. The number of nitrogens with one attached hydrogen (secondary N) is 1. The van der Waals surface area contributed by atoms with Crippen LogP contribution in [-0.4, -0.2) is 24.7 Å². The Morgan fingerprint density at radius 2 is 1.93 bits per heavy atom. The van der Waals surface area contributed by atoms with Crippen LogP contribution in [0.1, 0.15) is 5.69 Å². The first-order valence-electron chi connectivity index (χ1n) is 8.67. The summed E-state index contributed by atoms with van der Waals surface area (Å²) in [7, 11) is 0. The normalized spacial score (nSPS) is 10.7. The Morgan fingerprint density at radius 1 is 1.11 bits per heavy atom. The van der Waals surface area contributed by atoms with Gasteiger partial charge in [0.1, 0.15) is 0 Å². The molecule has 3 aromatic heterocycles. The fourth-order valence-corrected chi connectivity index (χ4v) is 4.29. The average molecular weight is 407 g/mol. The van der Waals surface area contributed by atoms with Gasteiger partial charge in [0.2, 0.25) is 0 Å². The summed E-state index contributed by atoms with van der Waals surface area (Å²) in [4.78, 5) is 8.73. The van der Waals surface area contributed by atoms with Crippen molar-refractivity contribution in [3.05, 3.63) is 78.6 Å². The maximum absolute atomic E-state index is 4.66. The SMILES string of the molecule is C=CCn1c(SCc2csc(Nc3ccccc3)n2)nnc1-c1ccncc1. The molecule has 1 N–H and O–H groups in total. The molecule has 3 heterocycles. The number of allylic oxidation sites excluding steroid dienone is 1. The molecule has 0 unspecified atom stereocenters. The van der Waals surface area contributed by atoms with Crippen molar-refractivity contribution in [2.24, 2.45) is 0 Å². The maximum atomic E-state index is 4.66. The Balaban J connectivity index is 1.46. The molecule has 0 aliphatic carbocycles. The molecule has 140 valence electrons. The Hall–Kier alpha value is -2.97. The lowest BCUT2D eigenvalue weighted by Gasteiger charge is -2.07. The van der Waals surface area contributed by atoms with Crippen LogP contribution < -0.4 is 5.32 Å². The fourth-order valence-electron chi connectivity index (χ4n) is 2.62. The van der Waals surface area contributed by atoms with Crippen molar-refractivity contribution in [1.29, 1.82) is 0 Å². The van der Waals surface area contributed by atoms with E-state index in [0.717, 1.165) is 38.8 Å². The van der Waals surface area contributed by atoms with Gasteiger partial charge in [-0.3, -0.25) is 9.55 Å². The van der Waals surface area contributed by atoms with E-state index in [-0.39, 0.29) is 0 Å². The first-order valence-corrected chi connectivity index (χ1v) is 10.5. The first-order chi connectivity index (χ1) is 13.8. The van der Waals surface area contributed by atoms with Crippen LogP contribution in [0.3, 0.4) is 0 Å². The van der Waals surface area contributed by atoms with Gasteiger partial charge in [-0.05, 0) is 24.3 Å². The van der Waals surface area contributed by atoms with Gasteiger partial charge in [-0.25, -0.2) is 4.98 Å². The zero-order chi connectivity index (χ0) is 19.2. The van der Waals surface area contributed by atoms with Crippen molar-refractivity contribution in [1.82, 2.24) is 24.7 Å². The summed E-state index contributed by atoms with van der Waals surface area (Å²) in [5, 5.41) is 15.9. The lowest BCUT2D eigenvalue weighted by molar-refractivity contribution is 0.731. The molecule has 4 rings (SSSR count). The van der Waals surface area contributed by atoms with Crippen molar-refractivity contribution in [2.75, 3.05) is 5.32 Å². The number of thiazole rings is 1. The van der Waals surface area contributed by atoms with Gasteiger partial charge in [0.25, 0.3) is 0 Å². The minimum atomic E-state index is 0.644. The molecule has 0 aliphatic heterocycles. The van der Waals surface area contributed by atoms with E-state index in [4.69, 9.17) is 0 Å². The molecular weight excluding hydrogens is 388 g/mol. The summed E-state index contributed by atoms with van der Waals surface area (Å²) < 4.78 is 2.06. The molecule has 4 aromatic rings. The molecule has 0 aliphatic rings. The second kappa shape index (κ2) is 8.81. The Kier molecular flexibility index (Phi) is 5.79. The number of nitrogens with zero attached hydrogens (tertiary/aromatic N) is 5. The number of para-hydroxylation sites is 1. The molecule has 1 aromatic carbocycles. The molecule has 0 fully saturated rings. The quantitative estimate of drug-likeness (QED) is 0.327. The highest BCUT2D eigenvalue weighted by Gasteiger charge is 2.14. The molecule has 0 spiro atoms. The summed E-state index contributed by atoms with van der Waals surface area (Å²) in [5.41, 5.74) is 3.02. The third-order valence-corrected chi connectivity index (χ3v) is 5.70. The van der Waals surface area contributed by atoms with Crippen molar-refractivity contribution in [3.8, 4) is 11.4 Å². The zero-order valence-corrected chi connectivity index (χ0v) is 16.7. The summed E-state index contributed by atoms with van der Waals surface area (Å²) in [6, 6.07) is 13.9. The molecule has 0 saturated heterocycles. The lowest BCUT2D eigenvalue weighted by Crippen LogP contribution is -2.00. The van der Waals surface area contributed by atoms with Crippen LogP contribution in [0.5, 0.6) is 0 Å². The van der Waals surface area contributed by atoms with Gasteiger partial charge in [0, 0.05) is 41.3 Å². The molecule has 6 nitrogen and oxygen atoms in total. The molecule has 8 heteroatoms. The molecule has 0 saturated carbocycles. The number of pyridine rings is 1. The summed E-state index contributed by atoms with van der Waals surface area (Å²) in [6.45, 7) is 4.50. The number of hydrogen-bond acceptors (Lipinski definition) is 7. The van der Waals surface area contributed by atoms with Crippen LogP contribution in [0.25, 0.3) is 11.4 Å². The second-order valence-electron chi connectivity index (χ2n) is 5.87. The second-order valence-corrected chi connectivity index (χ2v) is 7.67. The first kappa shape index (κ1) is 18.4. The summed E-state index contributed by atoms with van der Waals surface area (Å²) in [5.74, 6) is 1.54. The van der Waals surface area contributed by atoms with E-state index in [1.807, 2.05) is 48.5 Å². The Labute approximate surface area is 171 Å². The van der Waals surface area contributed by atoms with Crippen LogP contribution in [0.4, 0.5) is 10.8 Å². The minimum absolute atomic E-state index is 0.644. The monoisotopic (exact) mass is 406 g/mol. The van der Waals surface area contributed by atoms with Gasteiger partial charge in [0.05, 0.1) is 5.69 Å². The minimum Gasteiger partial charge on any atom is -0.332 e. The van der Waals surface area contributed by atoms with Gasteiger partial charge in [-0.2, -0.15) is 0 Å². The van der Waals surface area contributed by atoms with Crippen LogP contribution in [0, 0.1) is 0 Å². The van der Waals surface area contributed by atoms with E-state index in [9.17, 15) is 0 Å². The summed E-state index contributed by atoms with van der Waals surface area (Å²) >= 11 is 3.21. The number of thioether (sulfide) groups is 1. The van der Waals surface area contributed by atoms with E-state index < -0.39 is 0 Å². The molecule has 0 bridgehead atoms. The molecule has 0 amide bonds. The van der Waals surface area contributed by atoms with E-state index >= 15 is 0 Å². The molecular formula is C20H18N6S2. The smallest absolute Gasteiger partial charge is 0.192 e. The van der Waals surface area contributed by atoms with Crippen LogP contribution in [-0.2, 0) is 12.3 Å². The predicted octanol–water partition coefficient (Wildman–Crippen LogP) is 5.02. The van der Waals surface area contributed by atoms with E-state index in [0.29, 0.717) is 6.54 Å². The van der Waals surface area contributed by atoms with Gasteiger partial charge >= 0.3 is 0 Å². The van der Waals surface area contributed by atoms with E-state index in [1.165, 1.54) is 0 Å². The van der Waals surface area contributed by atoms with Gasteiger partial charge < -0.3 is 5.32 Å². The van der Waals surface area contributed by atoms with Gasteiger partial charge in [-0.1, -0.05) is 36.0 Å². The van der Waals surface area contributed by atoms with Crippen molar-refractivity contribution >= 4 is 33.9 Å². The maximum Gasteiger partial charge on any atom is 0.192 e. The molecule has 0 atom stereocenters. The van der Waals surface area contributed by atoms with Crippen molar-refractivity contribution in [2.45, 2.75) is 17.5 Å². The third-order valence-electron chi connectivity index (χ3n) is 3.89. The predicted molar refractivity (Wildman–Crippen MR) is 115 cm³/mol. The lowest BCUT2D eigenvalue weighted by atomic mass is 10.2. The van der Waals surface area contributed by atoms with Gasteiger partial charge in [0.15, 0.2) is 16.1 Å². The molecule has 28 heavy (non-hydrogen) atoms. The Morgan fingerprint density at radius 3 is 2.71 bits per heavy atom. The zero-order valence-electron chi connectivity index (χ0n) is 15.0. The highest BCUT2D eigenvalue weighted by molar-refractivity contribution is 7.98. The average Bonchev–Trinajstić information content (AvgIpc) is 3.35. The fraction of sp³-hybridized carbons (Fsp3) is 0.100. The van der Waals surface area contributed by atoms with E-state index in [2.05, 4.69) is 42.0 Å². The highest BCUT2D eigenvalue weighted by Crippen LogP contribution is 2.28. The van der Waals surface area contributed by atoms with Crippen molar-refractivity contribution < 1.29 is 0 Å². The van der Waals surface area contributed by atoms with Crippen LogP contribution >= 0.6 is 23.1 Å². The van der Waals surface area contributed by atoms with Crippen molar-refractivity contribution in [3.63, 3.8) is 0 Å². The number of benzene rings is 1. The van der Waals surface area contributed by atoms with Crippen LogP contribution in [0.15, 0.2) is 78.0 Å². The van der Waals surface area contributed by atoms with Crippen LogP contribution in [0.2, 0.25) is 0 Å². The number of aromatic nitrogens is 5. The summed E-state index contributed by atoms with van der Waals surface area (Å²) in [6.07, 6.45) is 5.36. The van der Waals surface area contributed by atoms with Gasteiger partial charge in [-0.15, -0.1) is 28.1 Å². The standard InChI is InChI=1S/C20H18N6S2/c1-2-12-26-18(15-8-10-21-11-9-15)24-25-20(26)28-14-17-13-27-19(23-17)22-16-6-4-3-5-7-16/h2-11,13H,1,12,14H2,(H,22,23). The highest BCUT2D eigenvalue weighted by atomic mass is 32.2. The third kappa shape index (κ3) is 4.29. The topological polar surface area (TPSA) is 68.5 Å².